The molecule has 0 bridgehead atoms. The van der Waals surface area contributed by atoms with Crippen LogP contribution in [0.5, 0.6) is 0 Å². The maximum Gasteiger partial charge on any atom is 0.244 e. The van der Waals surface area contributed by atoms with Crippen LogP contribution < -0.4 is 9.62 Å². The minimum absolute atomic E-state index is 0.0319. The largest absolute Gasteiger partial charge is 0.352 e. The molecule has 1 N–H and O–H groups in total. The molecular formula is C25H31Cl2N3O4S. The molecule has 35 heavy (non-hydrogen) atoms. The normalized spacial score (nSPS) is 15.0. The van der Waals surface area contributed by atoms with Gasteiger partial charge in [-0.3, -0.25) is 13.9 Å². The van der Waals surface area contributed by atoms with E-state index in [-0.39, 0.29) is 34.2 Å². The number of hydrogen-bond donors (Lipinski definition) is 1. The summed E-state index contributed by atoms with van der Waals surface area (Å²) in [5.41, 5.74) is 2.00. The number of rotatable bonds is 9. The van der Waals surface area contributed by atoms with Crippen LogP contribution in [-0.2, 0) is 26.2 Å². The van der Waals surface area contributed by atoms with Crippen LogP contribution in [-0.4, -0.2) is 50.0 Å². The van der Waals surface area contributed by atoms with E-state index in [2.05, 4.69) is 5.32 Å². The number of hydrogen-bond acceptors (Lipinski definition) is 4. The van der Waals surface area contributed by atoms with Crippen molar-refractivity contribution in [3.8, 4) is 0 Å². The van der Waals surface area contributed by atoms with E-state index in [4.69, 9.17) is 23.2 Å². The van der Waals surface area contributed by atoms with Gasteiger partial charge < -0.3 is 10.2 Å². The molecule has 2 amide bonds. The van der Waals surface area contributed by atoms with Crippen molar-refractivity contribution in [3.05, 3.63) is 63.6 Å². The molecule has 1 saturated carbocycles. The molecule has 10 heteroatoms. The fourth-order valence-electron chi connectivity index (χ4n) is 4.14. The number of halogens is 2. The van der Waals surface area contributed by atoms with Crippen LogP contribution in [0, 0.1) is 6.92 Å². The predicted molar refractivity (Wildman–Crippen MR) is 140 cm³/mol. The summed E-state index contributed by atoms with van der Waals surface area (Å²) >= 11 is 12.4. The standard InChI is InChI=1S/C25H31Cl2N3O4S/c1-17-11-13-19(14-12-17)15-29(18(2)25(32)28-20-7-4-5-8-20)23(31)16-30(35(3,33)34)22-10-6-9-21(26)24(22)27/h6,9-14,18,20H,4-5,7-8,15-16H2,1-3H3,(H,28,32)/t18-/m1/s1. The van der Waals surface area contributed by atoms with E-state index in [1.807, 2.05) is 31.2 Å². The Morgan fingerprint density at radius 3 is 2.31 bits per heavy atom. The van der Waals surface area contributed by atoms with Crippen LogP contribution in [0.2, 0.25) is 10.0 Å². The van der Waals surface area contributed by atoms with Crippen LogP contribution in [0.25, 0.3) is 0 Å². The number of amides is 2. The Morgan fingerprint density at radius 1 is 1.09 bits per heavy atom. The van der Waals surface area contributed by atoms with Crippen molar-refractivity contribution in [2.24, 2.45) is 0 Å². The van der Waals surface area contributed by atoms with E-state index < -0.39 is 28.5 Å². The molecule has 0 aromatic heterocycles. The Labute approximate surface area is 217 Å². The maximum absolute atomic E-state index is 13.6. The van der Waals surface area contributed by atoms with Crippen LogP contribution in [0.4, 0.5) is 5.69 Å². The van der Waals surface area contributed by atoms with Crippen molar-refractivity contribution in [2.75, 3.05) is 17.1 Å². The smallest absolute Gasteiger partial charge is 0.244 e. The lowest BCUT2D eigenvalue weighted by Gasteiger charge is -2.32. The zero-order chi connectivity index (χ0) is 25.8. The molecule has 1 atom stereocenters. The molecule has 0 aliphatic heterocycles. The topological polar surface area (TPSA) is 86.8 Å². The molecule has 190 valence electrons. The Hall–Kier alpha value is -2.29. The van der Waals surface area contributed by atoms with Gasteiger partial charge in [0.05, 0.1) is 22.0 Å². The Kier molecular flexibility index (Phi) is 9.07. The summed E-state index contributed by atoms with van der Waals surface area (Å²) in [6.45, 7) is 3.25. The molecule has 3 rings (SSSR count). The predicted octanol–water partition coefficient (Wildman–Crippen LogP) is 4.54. The van der Waals surface area contributed by atoms with Crippen LogP contribution >= 0.6 is 23.2 Å². The van der Waals surface area contributed by atoms with E-state index in [9.17, 15) is 18.0 Å². The van der Waals surface area contributed by atoms with Gasteiger partial charge in [-0.25, -0.2) is 8.42 Å². The highest BCUT2D eigenvalue weighted by Crippen LogP contribution is 2.33. The van der Waals surface area contributed by atoms with Crippen LogP contribution in [0.15, 0.2) is 42.5 Å². The minimum Gasteiger partial charge on any atom is -0.352 e. The van der Waals surface area contributed by atoms with Gasteiger partial charge in [0.2, 0.25) is 21.8 Å². The fraction of sp³-hybridized carbons (Fsp3) is 0.440. The molecule has 0 saturated heterocycles. The summed E-state index contributed by atoms with van der Waals surface area (Å²) in [5, 5.41) is 3.24. The molecule has 0 unspecified atom stereocenters. The van der Waals surface area contributed by atoms with Gasteiger partial charge in [-0.1, -0.05) is 71.9 Å². The third kappa shape index (κ3) is 7.12. The average Bonchev–Trinajstić information content (AvgIpc) is 3.31. The quantitative estimate of drug-likeness (QED) is 0.506. The molecular weight excluding hydrogens is 509 g/mol. The molecule has 0 heterocycles. The number of carbonyl (C=O) groups excluding carboxylic acids is 2. The first-order valence-electron chi connectivity index (χ1n) is 11.5. The molecule has 7 nitrogen and oxygen atoms in total. The van der Waals surface area contributed by atoms with Gasteiger partial charge in [-0.2, -0.15) is 0 Å². The van der Waals surface area contributed by atoms with Crippen molar-refractivity contribution >= 4 is 50.7 Å². The highest BCUT2D eigenvalue weighted by Gasteiger charge is 2.32. The first-order chi connectivity index (χ1) is 16.5. The number of benzene rings is 2. The molecule has 0 radical (unpaired) electrons. The SMILES string of the molecule is Cc1ccc(CN(C(=O)CN(c2cccc(Cl)c2Cl)S(C)(=O)=O)[C@H](C)C(=O)NC2CCCC2)cc1. The van der Waals surface area contributed by atoms with Crippen LogP contribution in [0.3, 0.4) is 0 Å². The zero-order valence-corrected chi connectivity index (χ0v) is 22.5. The number of aryl methyl sites for hydroxylation is 1. The Morgan fingerprint density at radius 2 is 1.71 bits per heavy atom. The summed E-state index contributed by atoms with van der Waals surface area (Å²) in [6, 6.07) is 11.5. The number of sulfonamides is 1. The van der Waals surface area contributed by atoms with Crippen molar-refractivity contribution in [1.82, 2.24) is 10.2 Å². The van der Waals surface area contributed by atoms with Crippen LogP contribution in [0.1, 0.15) is 43.7 Å². The summed E-state index contributed by atoms with van der Waals surface area (Å²) in [4.78, 5) is 28.1. The van der Waals surface area contributed by atoms with Gasteiger partial charge >= 0.3 is 0 Å². The summed E-state index contributed by atoms with van der Waals surface area (Å²) in [7, 11) is -3.89. The maximum atomic E-state index is 13.6. The summed E-state index contributed by atoms with van der Waals surface area (Å²) < 4.78 is 26.2. The summed E-state index contributed by atoms with van der Waals surface area (Å²) in [6.07, 6.45) is 4.96. The highest BCUT2D eigenvalue weighted by molar-refractivity contribution is 7.92. The van der Waals surface area contributed by atoms with E-state index in [1.54, 1.807) is 13.0 Å². The van der Waals surface area contributed by atoms with Crippen molar-refractivity contribution in [2.45, 2.75) is 58.2 Å². The minimum atomic E-state index is -3.89. The van der Waals surface area contributed by atoms with E-state index in [0.717, 1.165) is 47.4 Å². The van der Waals surface area contributed by atoms with Gasteiger partial charge in [-0.05, 0) is 44.4 Å². The monoisotopic (exact) mass is 539 g/mol. The van der Waals surface area contributed by atoms with E-state index in [0.29, 0.717) is 0 Å². The first kappa shape index (κ1) is 27.3. The third-order valence-corrected chi connectivity index (χ3v) is 8.16. The fourth-order valence-corrected chi connectivity index (χ4v) is 5.45. The molecule has 0 spiro atoms. The third-order valence-electron chi connectivity index (χ3n) is 6.22. The second kappa shape index (κ2) is 11.6. The van der Waals surface area contributed by atoms with E-state index in [1.165, 1.54) is 17.0 Å². The Balaban J connectivity index is 1.90. The summed E-state index contributed by atoms with van der Waals surface area (Å²) in [5.74, 6) is -0.787. The van der Waals surface area contributed by atoms with Gasteiger partial charge in [0.25, 0.3) is 0 Å². The van der Waals surface area contributed by atoms with Crippen molar-refractivity contribution < 1.29 is 18.0 Å². The number of anilines is 1. The molecule has 1 aliphatic rings. The van der Waals surface area contributed by atoms with Crippen molar-refractivity contribution in [1.29, 1.82) is 0 Å². The second-order valence-electron chi connectivity index (χ2n) is 9.02. The zero-order valence-electron chi connectivity index (χ0n) is 20.1. The average molecular weight is 541 g/mol. The molecule has 1 fully saturated rings. The molecule has 2 aromatic carbocycles. The lowest BCUT2D eigenvalue weighted by molar-refractivity contribution is -0.139. The Bertz CT molecular complexity index is 1170. The highest BCUT2D eigenvalue weighted by atomic mass is 35.5. The molecule has 1 aliphatic carbocycles. The van der Waals surface area contributed by atoms with Gasteiger partial charge in [-0.15, -0.1) is 0 Å². The number of carbonyl (C=O) groups is 2. The second-order valence-corrected chi connectivity index (χ2v) is 11.7. The number of nitrogens with one attached hydrogen (secondary N) is 1. The first-order valence-corrected chi connectivity index (χ1v) is 14.1. The number of nitrogens with zero attached hydrogens (tertiary/aromatic N) is 2. The molecule has 2 aromatic rings. The lowest BCUT2D eigenvalue weighted by Crippen LogP contribution is -2.52. The van der Waals surface area contributed by atoms with Crippen molar-refractivity contribution in [3.63, 3.8) is 0 Å². The van der Waals surface area contributed by atoms with Gasteiger partial charge in [0.1, 0.15) is 12.6 Å². The van der Waals surface area contributed by atoms with E-state index >= 15 is 0 Å². The van der Waals surface area contributed by atoms with Gasteiger partial charge in [0.15, 0.2) is 0 Å². The lowest BCUT2D eigenvalue weighted by atomic mass is 10.1. The van der Waals surface area contributed by atoms with Gasteiger partial charge in [0, 0.05) is 12.6 Å².